The Morgan fingerprint density at radius 1 is 1.26 bits per heavy atom. The van der Waals surface area contributed by atoms with E-state index in [1.165, 1.54) is 0 Å². The molecular weight excluding hydrogens is 344 g/mol. The van der Waals surface area contributed by atoms with Crippen molar-refractivity contribution in [1.29, 1.82) is 0 Å². The third-order valence-corrected chi connectivity index (χ3v) is 6.22. The van der Waals surface area contributed by atoms with E-state index in [1.54, 1.807) is 16.9 Å². The predicted octanol–water partition coefficient (Wildman–Crippen LogP) is 0.602. The fourth-order valence-corrected chi connectivity index (χ4v) is 4.56. The lowest BCUT2D eigenvalue weighted by atomic mass is 9.77. The highest BCUT2D eigenvalue weighted by Gasteiger charge is 2.44. The van der Waals surface area contributed by atoms with E-state index in [2.05, 4.69) is 10.6 Å². The van der Waals surface area contributed by atoms with E-state index in [9.17, 15) is 9.59 Å². The molecule has 1 spiro atoms. The number of nitrogens with zero attached hydrogens (tertiary/aromatic N) is 2. The summed E-state index contributed by atoms with van der Waals surface area (Å²) in [6, 6.07) is 7.33. The van der Waals surface area contributed by atoms with Crippen LogP contribution in [-0.4, -0.2) is 69.1 Å². The summed E-state index contributed by atoms with van der Waals surface area (Å²) in [7, 11) is 1.61. The van der Waals surface area contributed by atoms with Crippen LogP contribution in [0.3, 0.4) is 0 Å². The molecule has 1 atom stereocenters. The summed E-state index contributed by atoms with van der Waals surface area (Å²) in [6.45, 7) is 4.18. The van der Waals surface area contributed by atoms with E-state index in [0.29, 0.717) is 13.1 Å². The molecular formula is C20H28N4O3. The minimum atomic E-state index is -0.153. The molecule has 1 aromatic carbocycles. The second-order valence-electron chi connectivity index (χ2n) is 7.89. The number of anilines is 1. The van der Waals surface area contributed by atoms with Gasteiger partial charge in [-0.1, -0.05) is 6.07 Å². The molecule has 2 amide bonds. The highest BCUT2D eigenvalue weighted by molar-refractivity contribution is 5.98. The second-order valence-corrected chi connectivity index (χ2v) is 7.89. The van der Waals surface area contributed by atoms with E-state index in [1.807, 2.05) is 24.3 Å². The average Bonchev–Trinajstić information content (AvgIpc) is 3.11. The molecule has 0 aromatic heterocycles. The predicted molar refractivity (Wildman–Crippen MR) is 103 cm³/mol. The van der Waals surface area contributed by atoms with Crippen molar-refractivity contribution in [2.45, 2.75) is 25.3 Å². The van der Waals surface area contributed by atoms with Crippen LogP contribution in [0.15, 0.2) is 24.3 Å². The highest BCUT2D eigenvalue weighted by Crippen LogP contribution is 2.38. The maximum Gasteiger partial charge on any atom is 0.246 e. The number of hydrogen-bond donors (Lipinski definition) is 2. The summed E-state index contributed by atoms with van der Waals surface area (Å²) < 4.78 is 5.25. The van der Waals surface area contributed by atoms with E-state index < -0.39 is 0 Å². The van der Waals surface area contributed by atoms with E-state index in [0.717, 1.165) is 50.3 Å². The van der Waals surface area contributed by atoms with Crippen LogP contribution in [0.25, 0.3) is 0 Å². The van der Waals surface area contributed by atoms with Crippen LogP contribution >= 0.6 is 0 Å². The summed E-state index contributed by atoms with van der Waals surface area (Å²) in [5.41, 5.74) is 1.07. The summed E-state index contributed by atoms with van der Waals surface area (Å²) in [4.78, 5) is 29.1. The van der Waals surface area contributed by atoms with Crippen molar-refractivity contribution in [3.63, 3.8) is 0 Å². The van der Waals surface area contributed by atoms with Crippen molar-refractivity contribution in [3.8, 4) is 5.75 Å². The fraction of sp³-hybridized carbons (Fsp3) is 0.600. The molecule has 0 radical (unpaired) electrons. The Balaban J connectivity index is 1.38. The maximum atomic E-state index is 13.0. The molecule has 7 heteroatoms. The Hall–Kier alpha value is -2.12. The van der Waals surface area contributed by atoms with Gasteiger partial charge in [-0.05, 0) is 49.9 Å². The minimum Gasteiger partial charge on any atom is -0.497 e. The molecule has 146 valence electrons. The lowest BCUT2D eigenvalue weighted by Crippen LogP contribution is -2.55. The van der Waals surface area contributed by atoms with Gasteiger partial charge in [0, 0.05) is 31.4 Å². The summed E-state index contributed by atoms with van der Waals surface area (Å²) in [5, 5.41) is 6.82. The van der Waals surface area contributed by atoms with Gasteiger partial charge in [0.15, 0.2) is 0 Å². The Labute approximate surface area is 160 Å². The van der Waals surface area contributed by atoms with E-state index >= 15 is 0 Å². The molecule has 27 heavy (non-hydrogen) atoms. The lowest BCUT2D eigenvalue weighted by molar-refractivity contribution is -0.138. The summed E-state index contributed by atoms with van der Waals surface area (Å²) in [5.74, 6) is 0.753. The largest absolute Gasteiger partial charge is 0.497 e. The van der Waals surface area contributed by atoms with Crippen molar-refractivity contribution < 1.29 is 14.3 Å². The van der Waals surface area contributed by atoms with Gasteiger partial charge in [-0.25, -0.2) is 0 Å². The molecule has 3 aliphatic heterocycles. The quantitative estimate of drug-likeness (QED) is 0.813. The number of amides is 2. The molecule has 2 N–H and O–H groups in total. The number of methoxy groups -OCH3 is 1. The first-order valence-electron chi connectivity index (χ1n) is 9.78. The van der Waals surface area contributed by atoms with Crippen LogP contribution in [0.2, 0.25) is 0 Å². The number of nitrogens with one attached hydrogen (secondary N) is 2. The smallest absolute Gasteiger partial charge is 0.246 e. The number of benzene rings is 1. The Morgan fingerprint density at radius 3 is 2.81 bits per heavy atom. The van der Waals surface area contributed by atoms with Gasteiger partial charge in [0.25, 0.3) is 0 Å². The highest BCUT2D eigenvalue weighted by atomic mass is 16.5. The molecule has 0 unspecified atom stereocenters. The average molecular weight is 372 g/mol. The Bertz CT molecular complexity index is 717. The van der Waals surface area contributed by atoms with Crippen molar-refractivity contribution in [1.82, 2.24) is 15.5 Å². The number of carbonyl (C=O) groups is 2. The van der Waals surface area contributed by atoms with E-state index in [-0.39, 0.29) is 29.8 Å². The number of rotatable bonds is 3. The SMILES string of the molecule is COc1cccc(N2CCN(C(=O)[C@@H]3CC4(CCNCC4)CN3)CC2=O)c1. The second kappa shape index (κ2) is 7.48. The summed E-state index contributed by atoms with van der Waals surface area (Å²) in [6.07, 6.45) is 3.12. The van der Waals surface area contributed by atoms with Gasteiger partial charge in [-0.15, -0.1) is 0 Å². The monoisotopic (exact) mass is 372 g/mol. The fourth-order valence-electron chi connectivity index (χ4n) is 4.56. The van der Waals surface area contributed by atoms with Crippen LogP contribution in [0.5, 0.6) is 5.75 Å². The molecule has 3 fully saturated rings. The molecule has 3 aliphatic rings. The van der Waals surface area contributed by atoms with Crippen LogP contribution in [0.1, 0.15) is 19.3 Å². The number of piperidine rings is 1. The maximum absolute atomic E-state index is 13.0. The van der Waals surface area contributed by atoms with Gasteiger partial charge in [0.05, 0.1) is 13.2 Å². The van der Waals surface area contributed by atoms with Crippen LogP contribution in [0.4, 0.5) is 5.69 Å². The number of ether oxygens (including phenoxy) is 1. The standard InChI is InChI=1S/C20H28N4O3/c1-27-16-4-2-3-15(11-16)24-10-9-23(13-18(24)25)19(26)17-12-20(14-22-17)5-7-21-8-6-20/h2-4,11,17,21-22H,5-10,12-14H2,1H3/t17-/m0/s1. The topological polar surface area (TPSA) is 73.9 Å². The molecule has 1 aromatic rings. The number of piperazine rings is 1. The first kappa shape index (κ1) is 18.3. The number of hydrogen-bond acceptors (Lipinski definition) is 5. The zero-order valence-corrected chi connectivity index (χ0v) is 15.9. The van der Waals surface area contributed by atoms with Gasteiger partial charge >= 0.3 is 0 Å². The molecule has 3 saturated heterocycles. The van der Waals surface area contributed by atoms with Crippen molar-refractivity contribution in [3.05, 3.63) is 24.3 Å². The molecule has 4 rings (SSSR count). The molecule has 3 heterocycles. The number of carbonyl (C=O) groups excluding carboxylic acids is 2. The van der Waals surface area contributed by atoms with Gasteiger partial charge in [-0.3, -0.25) is 9.59 Å². The van der Waals surface area contributed by atoms with Gasteiger partial charge in [-0.2, -0.15) is 0 Å². The minimum absolute atomic E-state index is 0.0440. The molecule has 7 nitrogen and oxygen atoms in total. The zero-order chi connectivity index (χ0) is 18.9. The Morgan fingerprint density at radius 2 is 2.07 bits per heavy atom. The normalized spacial score (nSPS) is 25.1. The van der Waals surface area contributed by atoms with Crippen LogP contribution in [0, 0.1) is 5.41 Å². The first-order valence-corrected chi connectivity index (χ1v) is 9.78. The lowest BCUT2D eigenvalue weighted by Gasteiger charge is -2.36. The zero-order valence-electron chi connectivity index (χ0n) is 15.9. The third kappa shape index (κ3) is 3.66. The molecule has 0 bridgehead atoms. The molecule has 0 saturated carbocycles. The van der Waals surface area contributed by atoms with Crippen LogP contribution < -0.4 is 20.3 Å². The van der Waals surface area contributed by atoms with Gasteiger partial charge in [0.1, 0.15) is 12.3 Å². The van der Waals surface area contributed by atoms with Crippen molar-refractivity contribution in [2.24, 2.45) is 5.41 Å². The van der Waals surface area contributed by atoms with Gasteiger partial charge < -0.3 is 25.2 Å². The molecule has 0 aliphatic carbocycles. The van der Waals surface area contributed by atoms with E-state index in [4.69, 9.17) is 4.74 Å². The van der Waals surface area contributed by atoms with Gasteiger partial charge in [0.2, 0.25) is 11.8 Å². The van der Waals surface area contributed by atoms with Crippen molar-refractivity contribution in [2.75, 3.05) is 51.3 Å². The first-order chi connectivity index (χ1) is 13.1. The van der Waals surface area contributed by atoms with Crippen LogP contribution in [-0.2, 0) is 9.59 Å². The third-order valence-electron chi connectivity index (χ3n) is 6.22. The summed E-state index contributed by atoms with van der Waals surface area (Å²) >= 11 is 0. The van der Waals surface area contributed by atoms with Crippen molar-refractivity contribution >= 4 is 17.5 Å². The Kier molecular flexibility index (Phi) is 5.06.